The molecule has 2 heterocycles. The zero-order chi connectivity index (χ0) is 10.8. The zero-order valence-electron chi connectivity index (χ0n) is 8.54. The molecule has 0 aliphatic rings. The average molecular weight is 205 g/mol. The van der Waals surface area contributed by atoms with Gasteiger partial charge in [-0.05, 0) is 26.0 Å². The predicted molar refractivity (Wildman–Crippen MR) is 53.5 cm³/mol. The summed E-state index contributed by atoms with van der Waals surface area (Å²) in [5.41, 5.74) is 0. The Balaban J connectivity index is 2.44. The van der Waals surface area contributed by atoms with E-state index >= 15 is 0 Å². The van der Waals surface area contributed by atoms with Crippen LogP contribution in [-0.4, -0.2) is 21.1 Å². The quantitative estimate of drug-likeness (QED) is 0.718. The molecule has 0 bridgehead atoms. The van der Waals surface area contributed by atoms with E-state index in [2.05, 4.69) is 10.1 Å². The van der Waals surface area contributed by atoms with E-state index in [9.17, 15) is 4.79 Å². The number of carbonyl (C=O) groups is 1. The van der Waals surface area contributed by atoms with Crippen molar-refractivity contribution in [3.8, 4) is 11.6 Å². The fraction of sp³-hybridized carbons (Fsp3) is 0.300. The highest BCUT2D eigenvalue weighted by Gasteiger charge is 2.13. The molecular weight excluding hydrogens is 194 g/mol. The third-order valence-electron chi connectivity index (χ3n) is 2.03. The lowest BCUT2D eigenvalue weighted by molar-refractivity contribution is 0.110. The minimum atomic E-state index is 0.201. The van der Waals surface area contributed by atoms with Crippen LogP contribution in [0.2, 0.25) is 0 Å². The second-order valence-electron chi connectivity index (χ2n) is 3.44. The Labute approximate surface area is 86.7 Å². The van der Waals surface area contributed by atoms with Crippen molar-refractivity contribution in [1.82, 2.24) is 14.8 Å². The van der Waals surface area contributed by atoms with Gasteiger partial charge in [-0.1, -0.05) is 0 Å². The van der Waals surface area contributed by atoms with Crippen LogP contribution in [0, 0.1) is 0 Å². The van der Waals surface area contributed by atoms with E-state index in [1.54, 1.807) is 16.8 Å². The molecule has 2 rings (SSSR count). The van der Waals surface area contributed by atoms with Crippen molar-refractivity contribution in [3.05, 3.63) is 24.2 Å². The number of hydrogen-bond donors (Lipinski definition) is 0. The van der Waals surface area contributed by atoms with Gasteiger partial charge in [0, 0.05) is 6.04 Å². The molecule has 78 valence electrons. The fourth-order valence-corrected chi connectivity index (χ4v) is 1.34. The van der Waals surface area contributed by atoms with E-state index in [1.807, 2.05) is 13.8 Å². The molecule has 2 aromatic rings. The van der Waals surface area contributed by atoms with Crippen molar-refractivity contribution >= 4 is 6.29 Å². The molecule has 15 heavy (non-hydrogen) atoms. The maximum Gasteiger partial charge on any atom is 0.194 e. The van der Waals surface area contributed by atoms with Crippen LogP contribution in [0.3, 0.4) is 0 Å². The first-order chi connectivity index (χ1) is 7.22. The maximum atomic E-state index is 10.5. The summed E-state index contributed by atoms with van der Waals surface area (Å²) in [5, 5.41) is 4.08. The summed E-state index contributed by atoms with van der Waals surface area (Å²) in [4.78, 5) is 14.6. The van der Waals surface area contributed by atoms with Crippen molar-refractivity contribution in [2.45, 2.75) is 19.9 Å². The molecule has 0 aliphatic heterocycles. The van der Waals surface area contributed by atoms with Crippen LogP contribution in [0.15, 0.2) is 22.9 Å². The lowest BCUT2D eigenvalue weighted by Crippen LogP contribution is -2.04. The largest absolute Gasteiger partial charge is 0.450 e. The summed E-state index contributed by atoms with van der Waals surface area (Å²) >= 11 is 0. The molecule has 0 amide bonds. The monoisotopic (exact) mass is 205 g/mol. The molecule has 0 spiro atoms. The number of nitrogens with zero attached hydrogens (tertiary/aromatic N) is 3. The van der Waals surface area contributed by atoms with Crippen LogP contribution in [0.4, 0.5) is 0 Å². The van der Waals surface area contributed by atoms with Crippen LogP contribution in [0.5, 0.6) is 0 Å². The van der Waals surface area contributed by atoms with Gasteiger partial charge in [0.1, 0.15) is 6.33 Å². The van der Waals surface area contributed by atoms with Crippen LogP contribution >= 0.6 is 0 Å². The second kappa shape index (κ2) is 3.68. The molecule has 0 saturated carbocycles. The molecule has 0 unspecified atom stereocenters. The smallest absolute Gasteiger partial charge is 0.194 e. The zero-order valence-corrected chi connectivity index (χ0v) is 8.54. The number of carbonyl (C=O) groups excluding carboxylic acids is 1. The minimum Gasteiger partial charge on any atom is -0.450 e. The van der Waals surface area contributed by atoms with Gasteiger partial charge in [-0.3, -0.25) is 4.79 Å². The third kappa shape index (κ3) is 1.68. The SMILES string of the molecule is CC(C)n1ncnc1-c1ccc(C=O)o1. The van der Waals surface area contributed by atoms with Gasteiger partial charge < -0.3 is 4.42 Å². The van der Waals surface area contributed by atoms with Crippen molar-refractivity contribution in [1.29, 1.82) is 0 Å². The van der Waals surface area contributed by atoms with Gasteiger partial charge in [0.2, 0.25) is 0 Å². The molecule has 0 aliphatic carbocycles. The Hall–Kier alpha value is -1.91. The lowest BCUT2D eigenvalue weighted by atomic mass is 10.3. The Kier molecular flexibility index (Phi) is 2.37. The summed E-state index contributed by atoms with van der Waals surface area (Å²) in [5.74, 6) is 1.49. The highest BCUT2D eigenvalue weighted by molar-refractivity contribution is 5.71. The molecule has 0 radical (unpaired) electrons. The summed E-state index contributed by atoms with van der Waals surface area (Å²) in [6.45, 7) is 4.00. The Morgan fingerprint density at radius 1 is 1.47 bits per heavy atom. The Morgan fingerprint density at radius 3 is 2.87 bits per heavy atom. The van der Waals surface area contributed by atoms with Gasteiger partial charge in [0.05, 0.1) is 0 Å². The summed E-state index contributed by atoms with van der Waals surface area (Å²) in [6, 6.07) is 3.53. The van der Waals surface area contributed by atoms with Gasteiger partial charge in [-0.2, -0.15) is 5.10 Å². The van der Waals surface area contributed by atoms with Gasteiger partial charge in [0.15, 0.2) is 23.6 Å². The predicted octanol–water partition coefficient (Wildman–Crippen LogP) is 1.93. The maximum absolute atomic E-state index is 10.5. The topological polar surface area (TPSA) is 60.9 Å². The van der Waals surface area contributed by atoms with E-state index in [0.717, 1.165) is 0 Å². The van der Waals surface area contributed by atoms with Crippen molar-refractivity contribution in [2.75, 3.05) is 0 Å². The van der Waals surface area contributed by atoms with Crippen LogP contribution in [0.25, 0.3) is 11.6 Å². The summed E-state index contributed by atoms with van der Waals surface area (Å²) in [6.07, 6.45) is 2.14. The first-order valence-electron chi connectivity index (χ1n) is 4.67. The molecule has 0 saturated heterocycles. The van der Waals surface area contributed by atoms with Crippen molar-refractivity contribution < 1.29 is 9.21 Å². The number of aromatic nitrogens is 3. The average Bonchev–Trinajstić information content (AvgIpc) is 2.85. The van der Waals surface area contributed by atoms with Gasteiger partial charge >= 0.3 is 0 Å². The normalized spacial score (nSPS) is 10.9. The molecule has 0 atom stereocenters. The van der Waals surface area contributed by atoms with Gasteiger partial charge in [0.25, 0.3) is 0 Å². The fourth-order valence-electron chi connectivity index (χ4n) is 1.34. The standard InChI is InChI=1S/C10H11N3O2/c1-7(2)13-10(11-6-12-13)9-4-3-8(5-14)15-9/h3-7H,1-2H3. The molecule has 5 nitrogen and oxygen atoms in total. The van der Waals surface area contributed by atoms with Crippen LogP contribution in [-0.2, 0) is 0 Å². The van der Waals surface area contributed by atoms with Crippen molar-refractivity contribution in [3.63, 3.8) is 0 Å². The number of furan rings is 1. The third-order valence-corrected chi connectivity index (χ3v) is 2.03. The molecule has 0 N–H and O–H groups in total. The number of aldehydes is 1. The minimum absolute atomic E-state index is 0.201. The highest BCUT2D eigenvalue weighted by Crippen LogP contribution is 2.21. The van der Waals surface area contributed by atoms with Crippen LogP contribution in [0.1, 0.15) is 30.4 Å². The summed E-state index contributed by atoms with van der Waals surface area (Å²) < 4.78 is 7.02. The molecular formula is C10H11N3O2. The molecule has 5 heteroatoms. The Morgan fingerprint density at radius 2 is 2.27 bits per heavy atom. The molecule has 0 fully saturated rings. The molecule has 2 aromatic heterocycles. The Bertz CT molecular complexity index is 470. The lowest BCUT2D eigenvalue weighted by Gasteiger charge is -2.06. The highest BCUT2D eigenvalue weighted by atomic mass is 16.3. The van der Waals surface area contributed by atoms with E-state index in [0.29, 0.717) is 23.6 Å². The van der Waals surface area contributed by atoms with E-state index in [-0.39, 0.29) is 6.04 Å². The van der Waals surface area contributed by atoms with E-state index in [4.69, 9.17) is 4.42 Å². The molecule has 0 aromatic carbocycles. The van der Waals surface area contributed by atoms with E-state index < -0.39 is 0 Å². The van der Waals surface area contributed by atoms with Gasteiger partial charge in [-0.25, -0.2) is 9.67 Å². The number of rotatable bonds is 3. The number of hydrogen-bond acceptors (Lipinski definition) is 4. The van der Waals surface area contributed by atoms with Crippen molar-refractivity contribution in [2.24, 2.45) is 0 Å². The van der Waals surface area contributed by atoms with E-state index in [1.165, 1.54) is 6.33 Å². The first kappa shape index (κ1) is 9.64. The van der Waals surface area contributed by atoms with Gasteiger partial charge in [-0.15, -0.1) is 0 Å². The summed E-state index contributed by atoms with van der Waals surface area (Å²) in [7, 11) is 0. The van der Waals surface area contributed by atoms with Crippen LogP contribution < -0.4 is 0 Å². The first-order valence-corrected chi connectivity index (χ1v) is 4.67. The second-order valence-corrected chi connectivity index (χ2v) is 3.44.